The van der Waals surface area contributed by atoms with Gasteiger partial charge in [0.15, 0.2) is 5.56 Å². The van der Waals surface area contributed by atoms with Crippen LogP contribution >= 0.6 is 0 Å². The minimum Gasteiger partial charge on any atom is -0.495 e. The molecular weight excluding hydrogens is 240 g/mol. The van der Waals surface area contributed by atoms with Gasteiger partial charge in [0.2, 0.25) is 0 Å². The van der Waals surface area contributed by atoms with Gasteiger partial charge in [-0.25, -0.2) is 4.79 Å². The second-order valence-corrected chi connectivity index (χ2v) is 3.13. The molecule has 18 heavy (non-hydrogen) atoms. The molecule has 0 fully saturated rings. The highest BCUT2D eigenvalue weighted by molar-refractivity contribution is 5.95. The lowest BCUT2D eigenvalue weighted by molar-refractivity contribution is -0.385. The van der Waals surface area contributed by atoms with Crippen molar-refractivity contribution in [2.45, 2.75) is 6.92 Å². The van der Waals surface area contributed by atoms with E-state index in [1.807, 2.05) is 0 Å². The zero-order valence-electron chi connectivity index (χ0n) is 9.80. The number of nitrogens with zero attached hydrogens (tertiary/aromatic N) is 2. The Kier molecular flexibility index (Phi) is 4.21. The van der Waals surface area contributed by atoms with Crippen LogP contribution in [0.3, 0.4) is 0 Å². The number of carbonyl (C=O) groups excluding carboxylic acids is 1. The van der Waals surface area contributed by atoms with E-state index in [0.717, 1.165) is 0 Å². The van der Waals surface area contributed by atoms with Crippen LogP contribution in [-0.2, 0) is 4.74 Å². The van der Waals surface area contributed by atoms with E-state index in [0.29, 0.717) is 0 Å². The molecule has 1 aromatic carbocycles. The molecule has 7 nitrogen and oxygen atoms in total. The van der Waals surface area contributed by atoms with E-state index in [2.05, 4.69) is 0 Å². The molecule has 1 rings (SSSR count). The topological polar surface area (TPSA) is 102 Å². The minimum atomic E-state index is -0.844. The molecular formula is C11H10N2O5. The van der Waals surface area contributed by atoms with Crippen LogP contribution in [0.1, 0.15) is 22.8 Å². The van der Waals surface area contributed by atoms with Gasteiger partial charge in [0.25, 0.3) is 0 Å². The molecule has 0 unspecified atom stereocenters. The van der Waals surface area contributed by atoms with Crippen molar-refractivity contribution in [1.82, 2.24) is 0 Å². The molecule has 0 N–H and O–H groups in total. The predicted octanol–water partition coefficient (Wildman–Crippen LogP) is 1.65. The number of carbonyl (C=O) groups is 1. The average Bonchev–Trinajstić information content (AvgIpc) is 2.36. The number of hydrogen-bond acceptors (Lipinski definition) is 6. The van der Waals surface area contributed by atoms with Crippen molar-refractivity contribution in [3.05, 3.63) is 33.4 Å². The Morgan fingerprint density at radius 3 is 2.67 bits per heavy atom. The Hall–Kier alpha value is -2.62. The number of nitriles is 1. The second-order valence-electron chi connectivity index (χ2n) is 3.13. The predicted molar refractivity (Wildman–Crippen MR) is 60.3 cm³/mol. The molecule has 0 bridgehead atoms. The Morgan fingerprint density at radius 2 is 2.22 bits per heavy atom. The highest BCUT2D eigenvalue weighted by Gasteiger charge is 2.28. The summed E-state index contributed by atoms with van der Waals surface area (Å²) in [7, 11) is 1.28. The van der Waals surface area contributed by atoms with Gasteiger partial charge in [-0.05, 0) is 19.1 Å². The van der Waals surface area contributed by atoms with Crippen molar-refractivity contribution >= 4 is 11.7 Å². The first kappa shape index (κ1) is 13.4. The highest BCUT2D eigenvalue weighted by Crippen LogP contribution is 2.31. The van der Waals surface area contributed by atoms with Gasteiger partial charge < -0.3 is 9.47 Å². The van der Waals surface area contributed by atoms with Crippen molar-refractivity contribution in [2.24, 2.45) is 0 Å². The van der Waals surface area contributed by atoms with Gasteiger partial charge in [-0.15, -0.1) is 0 Å². The van der Waals surface area contributed by atoms with E-state index >= 15 is 0 Å². The second kappa shape index (κ2) is 5.63. The third-order valence-electron chi connectivity index (χ3n) is 2.15. The van der Waals surface area contributed by atoms with Gasteiger partial charge in [0.1, 0.15) is 17.4 Å². The first-order chi connectivity index (χ1) is 8.56. The third kappa shape index (κ3) is 2.38. The quantitative estimate of drug-likeness (QED) is 0.457. The smallest absolute Gasteiger partial charge is 0.345 e. The van der Waals surface area contributed by atoms with Gasteiger partial charge >= 0.3 is 11.7 Å². The molecule has 0 radical (unpaired) electrons. The fourth-order valence-electron chi connectivity index (χ4n) is 1.41. The van der Waals surface area contributed by atoms with Gasteiger partial charge in [0, 0.05) is 0 Å². The molecule has 94 valence electrons. The third-order valence-corrected chi connectivity index (χ3v) is 2.15. The van der Waals surface area contributed by atoms with Crippen molar-refractivity contribution in [3.63, 3.8) is 0 Å². The van der Waals surface area contributed by atoms with Crippen LogP contribution in [0.5, 0.6) is 5.75 Å². The summed E-state index contributed by atoms with van der Waals surface area (Å²) in [6.45, 7) is 1.67. The Labute approximate surface area is 103 Å². The number of hydrogen-bond donors (Lipinski definition) is 0. The standard InChI is InChI=1S/C11H10N2O5/c1-3-18-11(14)7-4-5-9(17-2)8(6-12)10(7)13(15)16/h4-5H,3H2,1-2H3. The van der Waals surface area contributed by atoms with E-state index in [1.165, 1.54) is 19.2 Å². The lowest BCUT2D eigenvalue weighted by atomic mass is 10.1. The number of nitro groups is 1. The van der Waals surface area contributed by atoms with E-state index in [-0.39, 0.29) is 23.5 Å². The van der Waals surface area contributed by atoms with Gasteiger partial charge in [0.05, 0.1) is 18.6 Å². The van der Waals surface area contributed by atoms with Crippen molar-refractivity contribution in [1.29, 1.82) is 5.26 Å². The maximum Gasteiger partial charge on any atom is 0.345 e. The first-order valence-electron chi connectivity index (χ1n) is 4.99. The van der Waals surface area contributed by atoms with Crippen LogP contribution in [-0.4, -0.2) is 24.6 Å². The highest BCUT2D eigenvalue weighted by atomic mass is 16.6. The summed E-state index contributed by atoms with van der Waals surface area (Å²) >= 11 is 0. The average molecular weight is 250 g/mol. The minimum absolute atomic E-state index is 0.0391. The number of methoxy groups -OCH3 is 1. The molecule has 0 spiro atoms. The van der Waals surface area contributed by atoms with E-state index in [1.54, 1.807) is 13.0 Å². The van der Waals surface area contributed by atoms with E-state index < -0.39 is 16.6 Å². The van der Waals surface area contributed by atoms with Crippen LogP contribution in [0.4, 0.5) is 5.69 Å². The maximum atomic E-state index is 11.6. The molecule has 7 heteroatoms. The summed E-state index contributed by atoms with van der Waals surface area (Å²) in [5, 5.41) is 19.9. The van der Waals surface area contributed by atoms with Crippen LogP contribution in [0.2, 0.25) is 0 Å². The zero-order chi connectivity index (χ0) is 13.7. The van der Waals surface area contributed by atoms with Gasteiger partial charge in [-0.2, -0.15) is 5.26 Å². The Bertz CT molecular complexity index is 533. The molecule has 0 aliphatic carbocycles. The first-order valence-corrected chi connectivity index (χ1v) is 4.99. The maximum absolute atomic E-state index is 11.6. The molecule has 0 aliphatic heterocycles. The van der Waals surface area contributed by atoms with Crippen molar-refractivity contribution < 1.29 is 19.2 Å². The number of nitro benzene ring substituents is 1. The number of ether oxygens (including phenoxy) is 2. The van der Waals surface area contributed by atoms with Crippen LogP contribution in [0.15, 0.2) is 12.1 Å². The molecule has 0 atom stereocenters. The summed E-state index contributed by atoms with van der Waals surface area (Å²) in [4.78, 5) is 21.7. The van der Waals surface area contributed by atoms with E-state index in [9.17, 15) is 14.9 Å². The molecule has 0 heterocycles. The van der Waals surface area contributed by atoms with Crippen LogP contribution < -0.4 is 4.74 Å². The van der Waals surface area contributed by atoms with Gasteiger partial charge in [-0.3, -0.25) is 10.1 Å². The van der Waals surface area contributed by atoms with Crippen molar-refractivity contribution in [3.8, 4) is 11.8 Å². The normalized spacial score (nSPS) is 9.39. The largest absolute Gasteiger partial charge is 0.495 e. The van der Waals surface area contributed by atoms with Gasteiger partial charge in [-0.1, -0.05) is 0 Å². The van der Waals surface area contributed by atoms with Crippen molar-refractivity contribution in [2.75, 3.05) is 13.7 Å². The molecule has 0 saturated carbocycles. The summed E-state index contributed by atoms with van der Waals surface area (Å²) in [6.07, 6.45) is 0. The Morgan fingerprint density at radius 1 is 1.56 bits per heavy atom. The summed E-state index contributed by atoms with van der Waals surface area (Å²) < 4.78 is 9.54. The molecule has 0 amide bonds. The Balaban J connectivity index is 3.50. The summed E-state index contributed by atoms with van der Waals surface area (Å²) in [5.41, 5.74) is -1.16. The van der Waals surface area contributed by atoms with Crippen LogP contribution in [0, 0.1) is 21.4 Å². The fourth-order valence-corrected chi connectivity index (χ4v) is 1.41. The fraction of sp³-hybridized carbons (Fsp3) is 0.273. The number of rotatable bonds is 4. The monoisotopic (exact) mass is 250 g/mol. The van der Waals surface area contributed by atoms with E-state index in [4.69, 9.17) is 14.7 Å². The molecule has 1 aromatic rings. The summed E-state index contributed by atoms with van der Waals surface area (Å²) in [6, 6.07) is 4.18. The zero-order valence-corrected chi connectivity index (χ0v) is 9.80. The molecule has 0 saturated heterocycles. The lowest BCUT2D eigenvalue weighted by Crippen LogP contribution is -2.10. The number of esters is 1. The lowest BCUT2D eigenvalue weighted by Gasteiger charge is -2.07. The summed E-state index contributed by atoms with van der Waals surface area (Å²) in [5.74, 6) is -0.805. The molecule has 0 aromatic heterocycles. The molecule has 0 aliphatic rings. The number of benzene rings is 1. The SMILES string of the molecule is CCOC(=O)c1ccc(OC)c(C#N)c1[N+](=O)[O-]. The van der Waals surface area contributed by atoms with Crippen LogP contribution in [0.25, 0.3) is 0 Å².